The summed E-state index contributed by atoms with van der Waals surface area (Å²) in [5, 5.41) is 11.3. The average molecular weight is 594 g/mol. The van der Waals surface area contributed by atoms with E-state index in [0.29, 0.717) is 39.0 Å². The molecule has 3 rings (SSSR count). The van der Waals surface area contributed by atoms with E-state index in [9.17, 15) is 23.6 Å². The van der Waals surface area contributed by atoms with Crippen LogP contribution in [-0.2, 0) is 25.6 Å². The van der Waals surface area contributed by atoms with Crippen LogP contribution in [0.3, 0.4) is 0 Å². The first-order chi connectivity index (χ1) is 20.6. The van der Waals surface area contributed by atoms with E-state index in [1.165, 1.54) is 12.1 Å². The van der Waals surface area contributed by atoms with Gasteiger partial charge in [-0.3, -0.25) is 24.1 Å². The Bertz CT molecular complexity index is 1240. The maximum absolute atomic E-state index is 13.3. The molecule has 4 N–H and O–H groups in total. The van der Waals surface area contributed by atoms with Crippen LogP contribution in [0, 0.1) is 11.7 Å². The number of carbonyl (C=O) groups is 4. The van der Waals surface area contributed by atoms with E-state index in [2.05, 4.69) is 26.2 Å². The summed E-state index contributed by atoms with van der Waals surface area (Å²) in [4.78, 5) is 54.4. The summed E-state index contributed by atoms with van der Waals surface area (Å²) >= 11 is 0. The molecule has 43 heavy (non-hydrogen) atoms. The first-order valence-electron chi connectivity index (χ1n) is 15.0. The van der Waals surface area contributed by atoms with Crippen LogP contribution in [-0.4, -0.2) is 72.8 Å². The third-order valence-electron chi connectivity index (χ3n) is 7.31. The van der Waals surface area contributed by atoms with E-state index in [1.807, 2.05) is 56.3 Å². The van der Waals surface area contributed by atoms with E-state index in [1.54, 1.807) is 19.1 Å². The second-order valence-corrected chi connectivity index (χ2v) is 11.3. The van der Waals surface area contributed by atoms with Crippen molar-refractivity contribution < 1.29 is 23.6 Å². The third-order valence-corrected chi connectivity index (χ3v) is 7.31. The normalized spacial score (nSPS) is 22.3. The summed E-state index contributed by atoms with van der Waals surface area (Å²) in [6.45, 7) is 7.58. The van der Waals surface area contributed by atoms with Crippen molar-refractivity contribution in [1.82, 2.24) is 26.2 Å². The van der Waals surface area contributed by atoms with Crippen molar-refractivity contribution in [3.8, 4) is 0 Å². The second kappa shape index (κ2) is 17.2. The molecule has 2 aromatic rings. The van der Waals surface area contributed by atoms with Crippen LogP contribution in [0.5, 0.6) is 0 Å². The minimum atomic E-state index is -0.910. The van der Waals surface area contributed by atoms with Gasteiger partial charge in [0.1, 0.15) is 23.9 Å². The first kappa shape index (κ1) is 33.5. The monoisotopic (exact) mass is 593 g/mol. The maximum Gasteiger partial charge on any atom is 0.243 e. The highest BCUT2D eigenvalue weighted by Gasteiger charge is 2.29. The van der Waals surface area contributed by atoms with Crippen LogP contribution in [0.15, 0.2) is 60.7 Å². The van der Waals surface area contributed by atoms with Gasteiger partial charge in [-0.1, -0.05) is 68.5 Å². The summed E-state index contributed by atoms with van der Waals surface area (Å²) in [5.41, 5.74) is 1.76. The van der Waals surface area contributed by atoms with Crippen molar-refractivity contribution in [2.45, 2.75) is 64.6 Å². The van der Waals surface area contributed by atoms with Crippen LogP contribution in [0.4, 0.5) is 4.39 Å². The summed E-state index contributed by atoms with van der Waals surface area (Å²) < 4.78 is 13.2. The van der Waals surface area contributed by atoms with E-state index in [0.717, 1.165) is 11.1 Å². The molecule has 10 heteroatoms. The maximum atomic E-state index is 13.3. The largest absolute Gasteiger partial charge is 0.354 e. The number of nitrogens with zero attached hydrogens (tertiary/aromatic N) is 1. The van der Waals surface area contributed by atoms with E-state index < -0.39 is 29.9 Å². The Morgan fingerprint density at radius 3 is 2.28 bits per heavy atom. The zero-order chi connectivity index (χ0) is 31.2. The van der Waals surface area contributed by atoms with Gasteiger partial charge in [-0.2, -0.15) is 0 Å². The molecular formula is C33H44FN5O4. The molecule has 0 aromatic heterocycles. The van der Waals surface area contributed by atoms with Crippen LogP contribution in [0.2, 0.25) is 0 Å². The van der Waals surface area contributed by atoms with Gasteiger partial charge in [0.05, 0.1) is 0 Å². The van der Waals surface area contributed by atoms with E-state index >= 15 is 0 Å². The quantitative estimate of drug-likeness (QED) is 0.411. The summed E-state index contributed by atoms with van der Waals surface area (Å²) in [6, 6.07) is 13.1. The first-order valence-corrected chi connectivity index (χ1v) is 15.0. The fourth-order valence-corrected chi connectivity index (χ4v) is 4.81. The summed E-state index contributed by atoms with van der Waals surface area (Å²) in [7, 11) is 0. The van der Waals surface area contributed by atoms with E-state index in [-0.39, 0.29) is 36.4 Å². The molecule has 232 valence electrons. The molecule has 0 unspecified atom stereocenters. The number of hydrogen-bond donors (Lipinski definition) is 4. The lowest BCUT2D eigenvalue weighted by Crippen LogP contribution is -2.57. The third kappa shape index (κ3) is 11.6. The number of nitrogens with one attached hydrogen (secondary N) is 4. The molecule has 9 nitrogen and oxygen atoms in total. The molecule has 0 aliphatic carbocycles. The molecule has 3 atom stereocenters. The fourth-order valence-electron chi connectivity index (χ4n) is 4.81. The van der Waals surface area contributed by atoms with Crippen molar-refractivity contribution in [3.63, 3.8) is 0 Å². The Labute approximate surface area is 253 Å². The molecule has 0 radical (unpaired) electrons. The molecule has 0 spiro atoms. The van der Waals surface area contributed by atoms with Crippen LogP contribution < -0.4 is 21.3 Å². The van der Waals surface area contributed by atoms with Crippen molar-refractivity contribution >= 4 is 29.7 Å². The van der Waals surface area contributed by atoms with Crippen molar-refractivity contribution in [2.75, 3.05) is 26.2 Å². The number of rotatable bonds is 6. The number of hydrogen-bond acceptors (Lipinski definition) is 5. The molecule has 1 aliphatic rings. The molecule has 1 aliphatic heterocycles. The van der Waals surface area contributed by atoms with E-state index in [4.69, 9.17) is 0 Å². The second-order valence-electron chi connectivity index (χ2n) is 11.3. The molecule has 4 amide bonds. The Kier molecular flexibility index (Phi) is 13.3. The highest BCUT2D eigenvalue weighted by atomic mass is 19.1. The molecule has 2 aromatic carbocycles. The van der Waals surface area contributed by atoms with Crippen LogP contribution in [0.25, 0.3) is 6.08 Å². The highest BCUT2D eigenvalue weighted by Crippen LogP contribution is 2.08. The predicted molar refractivity (Wildman–Crippen MR) is 165 cm³/mol. The summed E-state index contributed by atoms with van der Waals surface area (Å²) in [5.74, 6) is -1.94. The molecule has 1 saturated heterocycles. The number of benzene rings is 2. The fraction of sp³-hybridized carbons (Fsp3) is 0.455. The molecule has 0 saturated carbocycles. The van der Waals surface area contributed by atoms with Crippen LogP contribution in [0.1, 0.15) is 51.2 Å². The van der Waals surface area contributed by atoms with Gasteiger partial charge < -0.3 is 21.3 Å². The number of halogens is 1. The Morgan fingerprint density at radius 2 is 1.58 bits per heavy atom. The number of carbonyl (C=O) groups excluding carboxylic acids is 4. The van der Waals surface area contributed by atoms with Gasteiger partial charge in [0.25, 0.3) is 0 Å². The Balaban J connectivity index is 1.75. The highest BCUT2D eigenvalue weighted by molar-refractivity contribution is 5.94. The molecule has 1 heterocycles. The lowest BCUT2D eigenvalue weighted by atomic mass is 10.0. The molecule has 0 bridgehead atoms. The van der Waals surface area contributed by atoms with Gasteiger partial charge in [0, 0.05) is 32.5 Å². The average Bonchev–Trinajstić information content (AvgIpc) is 2.98. The van der Waals surface area contributed by atoms with Crippen molar-refractivity contribution in [1.29, 1.82) is 0 Å². The number of amides is 4. The van der Waals surface area contributed by atoms with Gasteiger partial charge >= 0.3 is 0 Å². The Morgan fingerprint density at radius 1 is 0.884 bits per heavy atom. The topological polar surface area (TPSA) is 120 Å². The van der Waals surface area contributed by atoms with Crippen molar-refractivity contribution in [2.24, 2.45) is 5.92 Å². The van der Waals surface area contributed by atoms with Gasteiger partial charge in [0.15, 0.2) is 0 Å². The SMILES string of the molecule is CC(C)[C@H]1NC(=O)[C@@H](C)NC(=O)[C@H](Cc2ccccc2)NC(=O)CCCN(C/C=C/c2ccc(F)cc2)CCCNC1=O. The van der Waals surface area contributed by atoms with Gasteiger partial charge in [-0.05, 0) is 55.5 Å². The van der Waals surface area contributed by atoms with Gasteiger partial charge in [0.2, 0.25) is 23.6 Å². The summed E-state index contributed by atoms with van der Waals surface area (Å²) in [6.07, 6.45) is 5.64. The Hall–Kier alpha value is -4.05. The van der Waals surface area contributed by atoms with Crippen molar-refractivity contribution in [3.05, 3.63) is 77.6 Å². The van der Waals surface area contributed by atoms with Crippen LogP contribution >= 0.6 is 0 Å². The zero-order valence-electron chi connectivity index (χ0n) is 25.3. The van der Waals surface area contributed by atoms with Gasteiger partial charge in [-0.25, -0.2) is 4.39 Å². The lowest BCUT2D eigenvalue weighted by molar-refractivity contribution is -0.134. The zero-order valence-corrected chi connectivity index (χ0v) is 25.3. The molecular weight excluding hydrogens is 549 g/mol. The molecule has 1 fully saturated rings. The lowest BCUT2D eigenvalue weighted by Gasteiger charge is -2.26. The standard InChI is InChI=1S/C33H44FN5O4/c1-23(2)30-33(43)35-18-9-21-39(19-7-12-25-14-16-27(34)17-15-25)20-8-13-29(40)37-28(22-26-10-5-4-6-11-26)32(42)36-24(3)31(41)38-30/h4-7,10-12,14-17,23-24,28,30H,8-9,13,18-22H2,1-3H3,(H,35,43)(H,36,42)(H,37,40)(H,38,41)/b12-7+/t24-,28+,30-/m1/s1. The minimum absolute atomic E-state index is 0.171. The smallest absolute Gasteiger partial charge is 0.243 e. The minimum Gasteiger partial charge on any atom is -0.354 e. The predicted octanol–water partition coefficient (Wildman–Crippen LogP) is 2.81. The van der Waals surface area contributed by atoms with Gasteiger partial charge in [-0.15, -0.1) is 0 Å².